The molecule has 6 nitrogen and oxygen atoms in total. The highest BCUT2D eigenvalue weighted by Crippen LogP contribution is 2.44. The number of rotatable bonds is 4. The predicted molar refractivity (Wildman–Crippen MR) is 118 cm³/mol. The van der Waals surface area contributed by atoms with Gasteiger partial charge in [-0.25, -0.2) is 14.0 Å². The lowest BCUT2D eigenvalue weighted by Gasteiger charge is -2.14. The van der Waals surface area contributed by atoms with Crippen molar-refractivity contribution in [2.45, 2.75) is 5.92 Å². The first-order valence-electron chi connectivity index (χ1n) is 9.85. The molecule has 32 heavy (non-hydrogen) atoms. The van der Waals surface area contributed by atoms with Gasteiger partial charge >= 0.3 is 12.1 Å². The van der Waals surface area contributed by atoms with Crippen molar-refractivity contribution in [2.75, 3.05) is 18.9 Å². The number of aromatic carboxylic acids is 1. The van der Waals surface area contributed by atoms with Gasteiger partial charge in [0.05, 0.1) is 17.7 Å². The van der Waals surface area contributed by atoms with Crippen LogP contribution < -0.4 is 11.1 Å². The molecule has 0 atom stereocenters. The second-order valence-electron chi connectivity index (χ2n) is 7.21. The van der Waals surface area contributed by atoms with E-state index in [1.54, 1.807) is 0 Å². The number of ether oxygens (including phenoxy) is 1. The maximum atomic E-state index is 13.9. The van der Waals surface area contributed by atoms with Crippen LogP contribution in [0.3, 0.4) is 0 Å². The van der Waals surface area contributed by atoms with Crippen LogP contribution >= 0.6 is 0 Å². The van der Waals surface area contributed by atoms with Gasteiger partial charge in [0.2, 0.25) is 0 Å². The maximum absolute atomic E-state index is 13.9. The van der Waals surface area contributed by atoms with Crippen LogP contribution in [0.4, 0.5) is 14.9 Å². The molecule has 0 bridgehead atoms. The number of halogens is 1. The fourth-order valence-electron chi connectivity index (χ4n) is 3.77. The number of carboxylic acids is 1. The second-order valence-corrected chi connectivity index (χ2v) is 7.21. The first-order chi connectivity index (χ1) is 15.5. The largest absolute Gasteiger partial charge is 0.478 e. The lowest BCUT2D eigenvalue weighted by Crippen LogP contribution is -2.26. The Bertz CT molecular complexity index is 1230. The van der Waals surface area contributed by atoms with Gasteiger partial charge in [0.15, 0.2) is 0 Å². The minimum atomic E-state index is -1.28. The van der Waals surface area contributed by atoms with Gasteiger partial charge in [0, 0.05) is 11.6 Å². The van der Waals surface area contributed by atoms with E-state index in [0.29, 0.717) is 0 Å². The topological polar surface area (TPSA) is 102 Å². The molecule has 4 rings (SSSR count). The van der Waals surface area contributed by atoms with Crippen molar-refractivity contribution in [2.24, 2.45) is 0 Å². The van der Waals surface area contributed by atoms with Crippen LogP contribution in [0.2, 0.25) is 0 Å². The number of hydrogen-bond acceptors (Lipinski definition) is 4. The predicted octanol–water partition coefficient (Wildman–Crippen LogP) is 4.00. The molecule has 0 heterocycles. The van der Waals surface area contributed by atoms with E-state index in [9.17, 15) is 14.0 Å². The minimum Gasteiger partial charge on any atom is -0.478 e. The monoisotopic (exact) mass is 430 g/mol. The summed E-state index contributed by atoms with van der Waals surface area (Å²) >= 11 is 0. The summed E-state index contributed by atoms with van der Waals surface area (Å²) in [5, 5.41) is 11.6. The van der Waals surface area contributed by atoms with E-state index in [-0.39, 0.29) is 35.9 Å². The van der Waals surface area contributed by atoms with E-state index in [4.69, 9.17) is 15.6 Å². The molecule has 0 saturated carbocycles. The van der Waals surface area contributed by atoms with Crippen LogP contribution in [0.25, 0.3) is 11.1 Å². The molecule has 1 aliphatic rings. The highest BCUT2D eigenvalue weighted by molar-refractivity contribution is 5.94. The molecule has 0 saturated heterocycles. The lowest BCUT2D eigenvalue weighted by molar-refractivity contribution is 0.0698. The third kappa shape index (κ3) is 4.12. The molecular weight excluding hydrogens is 411 g/mol. The Morgan fingerprint density at radius 3 is 2.31 bits per heavy atom. The standard InChI is InChI=1S/C25H19FN2O4/c26-22-13-23(27)20(24(29)30)12-15(22)6-5-11-28-25(31)32-14-21-18-9-3-1-7-16(18)17-8-2-4-10-19(17)21/h1-4,7-10,12-13,21H,11,14,27H2,(H,28,31)(H,29,30). The summed E-state index contributed by atoms with van der Waals surface area (Å²) in [6, 6.07) is 18.0. The Morgan fingerprint density at radius 1 is 1.06 bits per heavy atom. The average Bonchev–Trinajstić information content (AvgIpc) is 3.10. The Morgan fingerprint density at radius 2 is 1.69 bits per heavy atom. The summed E-state index contributed by atoms with van der Waals surface area (Å²) < 4.78 is 19.3. The highest BCUT2D eigenvalue weighted by atomic mass is 19.1. The van der Waals surface area contributed by atoms with Crippen molar-refractivity contribution in [3.05, 3.63) is 88.7 Å². The molecule has 4 N–H and O–H groups in total. The van der Waals surface area contributed by atoms with E-state index in [2.05, 4.69) is 29.3 Å². The van der Waals surface area contributed by atoms with Gasteiger partial charge in [-0.3, -0.25) is 0 Å². The highest BCUT2D eigenvalue weighted by Gasteiger charge is 2.28. The van der Waals surface area contributed by atoms with Gasteiger partial charge in [-0.1, -0.05) is 60.4 Å². The van der Waals surface area contributed by atoms with E-state index in [1.807, 2.05) is 36.4 Å². The molecule has 3 aromatic carbocycles. The third-order valence-electron chi connectivity index (χ3n) is 5.26. The first kappa shape index (κ1) is 20.9. The zero-order chi connectivity index (χ0) is 22.7. The first-order valence-corrected chi connectivity index (χ1v) is 9.85. The number of carbonyl (C=O) groups is 2. The van der Waals surface area contributed by atoms with E-state index in [0.717, 1.165) is 34.4 Å². The number of alkyl carbamates (subject to hydrolysis) is 1. The number of amides is 1. The van der Waals surface area contributed by atoms with Crippen LogP contribution in [0.15, 0.2) is 60.7 Å². The quantitative estimate of drug-likeness (QED) is 0.429. The molecule has 0 unspecified atom stereocenters. The van der Waals surface area contributed by atoms with Crippen LogP contribution in [0, 0.1) is 17.7 Å². The molecule has 0 aliphatic heterocycles. The van der Waals surface area contributed by atoms with E-state index >= 15 is 0 Å². The zero-order valence-electron chi connectivity index (χ0n) is 16.9. The summed E-state index contributed by atoms with van der Waals surface area (Å²) in [7, 11) is 0. The summed E-state index contributed by atoms with van der Waals surface area (Å²) in [6.45, 7) is 0.0742. The minimum absolute atomic E-state index is 0.0578. The number of anilines is 1. The van der Waals surface area contributed by atoms with Crippen molar-refractivity contribution in [3.8, 4) is 23.0 Å². The number of nitrogen functional groups attached to an aromatic ring is 1. The number of carbonyl (C=O) groups excluding carboxylic acids is 1. The molecule has 1 amide bonds. The van der Waals surface area contributed by atoms with Crippen molar-refractivity contribution in [1.82, 2.24) is 5.32 Å². The summed E-state index contributed by atoms with van der Waals surface area (Å²) in [6.07, 6.45) is -0.648. The van der Waals surface area contributed by atoms with Crippen LogP contribution in [-0.2, 0) is 4.74 Å². The molecule has 0 aromatic heterocycles. The maximum Gasteiger partial charge on any atom is 0.407 e. The molecule has 160 valence electrons. The van der Waals surface area contributed by atoms with Gasteiger partial charge in [-0.2, -0.15) is 0 Å². The smallest absolute Gasteiger partial charge is 0.407 e. The van der Waals surface area contributed by atoms with Crippen LogP contribution in [0.5, 0.6) is 0 Å². The summed E-state index contributed by atoms with van der Waals surface area (Å²) in [5.74, 6) is 3.01. The SMILES string of the molecule is Nc1cc(F)c(C#CCNC(=O)OCC2c3ccccc3-c3ccccc32)cc1C(=O)O. The van der Waals surface area contributed by atoms with Gasteiger partial charge in [0.1, 0.15) is 12.4 Å². The van der Waals surface area contributed by atoms with Crippen LogP contribution in [0.1, 0.15) is 33.0 Å². The van der Waals surface area contributed by atoms with E-state index in [1.165, 1.54) is 0 Å². The van der Waals surface area contributed by atoms with Gasteiger partial charge in [-0.15, -0.1) is 0 Å². The number of benzene rings is 3. The van der Waals surface area contributed by atoms with E-state index < -0.39 is 17.9 Å². The molecule has 0 spiro atoms. The molecule has 0 fully saturated rings. The molecule has 1 aliphatic carbocycles. The number of nitrogens with one attached hydrogen (secondary N) is 1. The summed E-state index contributed by atoms with van der Waals surface area (Å²) in [4.78, 5) is 23.2. The number of fused-ring (bicyclic) bond motifs is 3. The van der Waals surface area contributed by atoms with Gasteiger partial charge < -0.3 is 20.9 Å². The Hall–Kier alpha value is -4.31. The fourth-order valence-corrected chi connectivity index (χ4v) is 3.77. The Kier molecular flexibility index (Phi) is 5.77. The third-order valence-corrected chi connectivity index (χ3v) is 5.26. The molecular formula is C25H19FN2O4. The number of carboxylic acid groups (broad SMARTS) is 1. The summed E-state index contributed by atoms with van der Waals surface area (Å²) in [5.41, 5.74) is 9.43. The zero-order valence-corrected chi connectivity index (χ0v) is 16.9. The second kappa shape index (κ2) is 8.82. The van der Waals surface area contributed by atoms with Gasteiger partial charge in [0.25, 0.3) is 0 Å². The normalized spacial score (nSPS) is 11.7. The molecule has 7 heteroatoms. The fraction of sp³-hybridized carbons (Fsp3) is 0.120. The number of hydrogen-bond donors (Lipinski definition) is 3. The average molecular weight is 430 g/mol. The van der Waals surface area contributed by atoms with Crippen LogP contribution in [-0.4, -0.2) is 30.3 Å². The lowest BCUT2D eigenvalue weighted by atomic mass is 9.98. The molecule has 0 radical (unpaired) electrons. The van der Waals surface area contributed by atoms with Crippen molar-refractivity contribution < 1.29 is 23.8 Å². The Balaban J connectivity index is 1.37. The number of nitrogens with two attached hydrogens (primary N) is 1. The molecule has 3 aromatic rings. The van der Waals surface area contributed by atoms with Crippen molar-refractivity contribution in [3.63, 3.8) is 0 Å². The van der Waals surface area contributed by atoms with Crippen molar-refractivity contribution >= 4 is 17.7 Å². The van der Waals surface area contributed by atoms with Crippen molar-refractivity contribution in [1.29, 1.82) is 0 Å². The van der Waals surface area contributed by atoms with Gasteiger partial charge in [-0.05, 0) is 34.4 Å². The Labute approximate surface area is 183 Å².